The Bertz CT molecular complexity index is 1240. The maximum Gasteiger partial charge on any atom is 0.355 e. The van der Waals surface area contributed by atoms with E-state index < -0.39 is 0 Å². The van der Waals surface area contributed by atoms with E-state index in [4.69, 9.17) is 16.3 Å². The van der Waals surface area contributed by atoms with Gasteiger partial charge in [0, 0.05) is 30.1 Å². The number of hydrogen-bond acceptors (Lipinski definition) is 5. The van der Waals surface area contributed by atoms with Crippen LogP contribution in [0.5, 0.6) is 0 Å². The van der Waals surface area contributed by atoms with Gasteiger partial charge < -0.3 is 4.74 Å². The number of halogens is 1. The highest BCUT2D eigenvalue weighted by molar-refractivity contribution is 6.30. The standard InChI is InChI=1S/C28H35ClN4O3/c1-19(2)14-26(34)16-27-30-33(28(35)32(27)25-7-5-6-23(29)15-25)24-10-8-22(9-11-24)12-13-31-20(3)17-36-18-21(31)4/h5-11,15,19-21H,12-14,16-18H2,1-4H3. The molecule has 1 aliphatic rings. The van der Waals surface area contributed by atoms with Gasteiger partial charge in [0.15, 0.2) is 0 Å². The van der Waals surface area contributed by atoms with Crippen LogP contribution in [0.15, 0.2) is 53.3 Å². The summed E-state index contributed by atoms with van der Waals surface area (Å²) in [4.78, 5) is 28.6. The Morgan fingerprint density at radius 3 is 2.42 bits per heavy atom. The molecule has 2 unspecified atom stereocenters. The number of benzene rings is 2. The largest absolute Gasteiger partial charge is 0.378 e. The summed E-state index contributed by atoms with van der Waals surface area (Å²) in [6.07, 6.45) is 1.43. The number of aromatic nitrogens is 3. The lowest BCUT2D eigenvalue weighted by molar-refractivity contribution is -0.119. The van der Waals surface area contributed by atoms with E-state index in [9.17, 15) is 9.59 Å². The highest BCUT2D eigenvalue weighted by Crippen LogP contribution is 2.18. The van der Waals surface area contributed by atoms with Crippen LogP contribution in [0.2, 0.25) is 5.02 Å². The van der Waals surface area contributed by atoms with E-state index in [0.29, 0.717) is 40.7 Å². The molecule has 3 aromatic rings. The first-order valence-electron chi connectivity index (χ1n) is 12.6. The molecule has 8 heteroatoms. The molecule has 1 aliphatic heterocycles. The lowest BCUT2D eigenvalue weighted by atomic mass is 10.1. The molecule has 0 N–H and O–H groups in total. The number of carbonyl (C=O) groups is 1. The second kappa shape index (κ2) is 11.5. The Labute approximate surface area is 217 Å². The molecule has 0 bridgehead atoms. The van der Waals surface area contributed by atoms with E-state index in [-0.39, 0.29) is 23.8 Å². The highest BCUT2D eigenvalue weighted by Gasteiger charge is 2.25. The van der Waals surface area contributed by atoms with Gasteiger partial charge in [0.1, 0.15) is 11.6 Å². The van der Waals surface area contributed by atoms with E-state index in [2.05, 4.69) is 23.8 Å². The number of nitrogens with zero attached hydrogens (tertiary/aromatic N) is 4. The Morgan fingerprint density at radius 2 is 1.78 bits per heavy atom. The average molecular weight is 511 g/mol. The van der Waals surface area contributed by atoms with E-state index in [1.165, 1.54) is 14.8 Å². The van der Waals surface area contributed by atoms with Crippen molar-refractivity contribution in [3.8, 4) is 11.4 Å². The summed E-state index contributed by atoms with van der Waals surface area (Å²) in [7, 11) is 0. The minimum atomic E-state index is -0.326. The van der Waals surface area contributed by atoms with Gasteiger partial charge in [-0.3, -0.25) is 9.69 Å². The van der Waals surface area contributed by atoms with Crippen LogP contribution >= 0.6 is 11.6 Å². The zero-order valence-electron chi connectivity index (χ0n) is 21.5. The predicted molar refractivity (Wildman–Crippen MR) is 142 cm³/mol. The molecule has 0 spiro atoms. The topological polar surface area (TPSA) is 69.4 Å². The van der Waals surface area contributed by atoms with Crippen LogP contribution in [0.3, 0.4) is 0 Å². The van der Waals surface area contributed by atoms with Crippen molar-refractivity contribution >= 4 is 17.4 Å². The Kier molecular flexibility index (Phi) is 8.44. The summed E-state index contributed by atoms with van der Waals surface area (Å²) < 4.78 is 8.49. The molecular weight excluding hydrogens is 476 g/mol. The number of ether oxygens (including phenoxy) is 1. The number of Topliss-reactive ketones (excluding diaryl/α,β-unsaturated/α-hetero) is 1. The molecule has 0 aliphatic carbocycles. The summed E-state index contributed by atoms with van der Waals surface area (Å²) in [5.41, 5.74) is 2.12. The zero-order chi connectivity index (χ0) is 25.8. The predicted octanol–water partition coefficient (Wildman–Crippen LogP) is 4.49. The second-order valence-corrected chi connectivity index (χ2v) is 10.6. The molecule has 192 valence electrons. The Balaban J connectivity index is 1.59. The molecular formula is C28H35ClN4O3. The maximum absolute atomic E-state index is 13.5. The van der Waals surface area contributed by atoms with Gasteiger partial charge in [0.2, 0.25) is 0 Å². The summed E-state index contributed by atoms with van der Waals surface area (Å²) in [6.45, 7) is 10.9. The monoisotopic (exact) mass is 510 g/mol. The maximum atomic E-state index is 13.5. The zero-order valence-corrected chi connectivity index (χ0v) is 22.2. The van der Waals surface area contributed by atoms with E-state index in [1.54, 1.807) is 24.3 Å². The molecule has 0 radical (unpaired) electrons. The van der Waals surface area contributed by atoms with E-state index in [1.807, 2.05) is 38.1 Å². The molecule has 1 saturated heterocycles. The summed E-state index contributed by atoms with van der Waals surface area (Å²) in [5.74, 6) is 0.696. The molecule has 0 saturated carbocycles. The first-order chi connectivity index (χ1) is 17.2. The summed E-state index contributed by atoms with van der Waals surface area (Å²) in [5, 5.41) is 5.10. The van der Waals surface area contributed by atoms with Crippen LogP contribution in [-0.4, -0.2) is 56.9 Å². The van der Waals surface area contributed by atoms with Gasteiger partial charge in [0.25, 0.3) is 0 Å². The fourth-order valence-corrected chi connectivity index (χ4v) is 4.99. The van der Waals surface area contributed by atoms with E-state index in [0.717, 1.165) is 26.2 Å². The average Bonchev–Trinajstić information content (AvgIpc) is 3.14. The summed E-state index contributed by atoms with van der Waals surface area (Å²) in [6, 6.07) is 15.8. The van der Waals surface area contributed by atoms with Gasteiger partial charge in [-0.25, -0.2) is 9.36 Å². The minimum absolute atomic E-state index is 0.0485. The van der Waals surface area contributed by atoms with Crippen LogP contribution in [0, 0.1) is 5.92 Å². The molecule has 36 heavy (non-hydrogen) atoms. The Hall–Kier alpha value is -2.74. The molecule has 7 nitrogen and oxygen atoms in total. The third kappa shape index (κ3) is 6.14. The van der Waals surface area contributed by atoms with Crippen molar-refractivity contribution in [2.24, 2.45) is 5.92 Å². The van der Waals surface area contributed by atoms with Crippen LogP contribution in [0.1, 0.15) is 45.5 Å². The normalized spacial score (nSPS) is 18.6. The molecule has 0 amide bonds. The van der Waals surface area contributed by atoms with Gasteiger partial charge in [-0.1, -0.05) is 43.6 Å². The van der Waals surface area contributed by atoms with Crippen LogP contribution in [0.4, 0.5) is 0 Å². The molecule has 2 heterocycles. The summed E-state index contributed by atoms with van der Waals surface area (Å²) >= 11 is 6.20. The van der Waals surface area contributed by atoms with Gasteiger partial charge in [-0.15, -0.1) is 5.10 Å². The third-order valence-corrected chi connectivity index (χ3v) is 6.83. The number of morpholine rings is 1. The van der Waals surface area contributed by atoms with Gasteiger partial charge in [-0.05, 0) is 62.1 Å². The third-order valence-electron chi connectivity index (χ3n) is 6.59. The van der Waals surface area contributed by atoms with Gasteiger partial charge >= 0.3 is 5.69 Å². The number of carbonyl (C=O) groups excluding carboxylic acids is 1. The lowest BCUT2D eigenvalue weighted by Crippen LogP contribution is -2.50. The van der Waals surface area contributed by atoms with Crippen molar-refractivity contribution in [2.75, 3.05) is 19.8 Å². The van der Waals surface area contributed by atoms with Crippen LogP contribution in [0.25, 0.3) is 11.4 Å². The van der Waals surface area contributed by atoms with Crippen molar-refractivity contribution in [1.29, 1.82) is 0 Å². The van der Waals surface area contributed by atoms with Crippen molar-refractivity contribution < 1.29 is 9.53 Å². The molecule has 2 atom stereocenters. The molecule has 1 aromatic heterocycles. The lowest BCUT2D eigenvalue weighted by Gasteiger charge is -2.38. The first kappa shape index (κ1) is 26.3. The first-order valence-corrected chi connectivity index (χ1v) is 13.0. The van der Waals surface area contributed by atoms with Crippen molar-refractivity contribution in [3.63, 3.8) is 0 Å². The van der Waals surface area contributed by atoms with Gasteiger partial charge in [-0.2, -0.15) is 4.68 Å². The fraction of sp³-hybridized carbons (Fsp3) is 0.464. The Morgan fingerprint density at radius 1 is 1.08 bits per heavy atom. The van der Waals surface area contributed by atoms with Gasteiger partial charge in [0.05, 0.1) is 31.0 Å². The smallest absolute Gasteiger partial charge is 0.355 e. The highest BCUT2D eigenvalue weighted by atomic mass is 35.5. The molecule has 4 rings (SSSR count). The molecule has 1 fully saturated rings. The SMILES string of the molecule is CC(C)CC(=O)Cc1nn(-c2ccc(CCN3C(C)COCC3C)cc2)c(=O)n1-c1cccc(Cl)c1. The minimum Gasteiger partial charge on any atom is -0.378 e. The second-order valence-electron chi connectivity index (χ2n) is 10.1. The molecule has 2 aromatic carbocycles. The van der Waals surface area contributed by atoms with E-state index >= 15 is 0 Å². The van der Waals surface area contributed by atoms with Crippen molar-refractivity contribution in [2.45, 2.75) is 59.0 Å². The number of ketones is 1. The number of hydrogen-bond donors (Lipinski definition) is 0. The van der Waals surface area contributed by atoms with Crippen molar-refractivity contribution in [1.82, 2.24) is 19.2 Å². The van der Waals surface area contributed by atoms with Crippen LogP contribution < -0.4 is 5.69 Å². The van der Waals surface area contributed by atoms with Crippen molar-refractivity contribution in [3.05, 3.63) is 75.4 Å². The number of rotatable bonds is 9. The quantitative estimate of drug-likeness (QED) is 0.424. The fourth-order valence-electron chi connectivity index (χ4n) is 4.81. The van der Waals surface area contributed by atoms with Crippen LogP contribution in [-0.2, 0) is 22.4 Å².